The molecular formula is C19H25N5O3. The quantitative estimate of drug-likeness (QED) is 0.859. The molecule has 0 saturated carbocycles. The van der Waals surface area contributed by atoms with Crippen molar-refractivity contribution in [3.05, 3.63) is 41.5 Å². The van der Waals surface area contributed by atoms with Gasteiger partial charge in [0.1, 0.15) is 0 Å². The largest absolute Gasteiger partial charge is 0.378 e. The highest BCUT2D eigenvalue weighted by Crippen LogP contribution is 2.20. The van der Waals surface area contributed by atoms with E-state index >= 15 is 0 Å². The molecule has 1 aliphatic heterocycles. The van der Waals surface area contributed by atoms with Gasteiger partial charge in [0.25, 0.3) is 5.91 Å². The monoisotopic (exact) mass is 371 g/mol. The van der Waals surface area contributed by atoms with Gasteiger partial charge in [0.2, 0.25) is 11.8 Å². The average Bonchev–Trinajstić information content (AvgIpc) is 3.11. The highest BCUT2D eigenvalue weighted by molar-refractivity contribution is 5.94. The molecule has 0 atom stereocenters. The summed E-state index contributed by atoms with van der Waals surface area (Å²) in [4.78, 5) is 32.8. The molecule has 2 heterocycles. The minimum atomic E-state index is -0.103. The van der Waals surface area contributed by atoms with Crippen molar-refractivity contribution in [3.63, 3.8) is 0 Å². The molecule has 1 aromatic carbocycles. The van der Waals surface area contributed by atoms with Crippen molar-refractivity contribution >= 4 is 17.5 Å². The van der Waals surface area contributed by atoms with Crippen molar-refractivity contribution in [1.29, 1.82) is 0 Å². The molecule has 1 aliphatic rings. The number of piperidine rings is 1. The van der Waals surface area contributed by atoms with Gasteiger partial charge in [0.15, 0.2) is 5.82 Å². The minimum Gasteiger partial charge on any atom is -0.378 e. The number of amides is 2. The van der Waals surface area contributed by atoms with Crippen LogP contribution in [0.2, 0.25) is 0 Å². The first-order chi connectivity index (χ1) is 12.9. The maximum atomic E-state index is 12.7. The summed E-state index contributed by atoms with van der Waals surface area (Å²) in [5, 5.41) is 6.53. The fourth-order valence-electron chi connectivity index (χ4n) is 3.15. The van der Waals surface area contributed by atoms with E-state index < -0.39 is 0 Å². The van der Waals surface area contributed by atoms with Crippen LogP contribution >= 0.6 is 0 Å². The second kappa shape index (κ2) is 8.20. The van der Waals surface area contributed by atoms with Crippen LogP contribution in [0.1, 0.15) is 34.9 Å². The van der Waals surface area contributed by atoms with Crippen molar-refractivity contribution in [3.8, 4) is 0 Å². The Bertz CT molecular complexity index is 792. The number of rotatable bonds is 5. The van der Waals surface area contributed by atoms with Gasteiger partial charge in [0.05, 0.1) is 6.54 Å². The molecule has 0 unspecified atom stereocenters. The number of likely N-dealkylation sites (tertiary alicyclic amines) is 1. The Morgan fingerprint density at radius 3 is 2.44 bits per heavy atom. The smallest absolute Gasteiger partial charge is 0.253 e. The lowest BCUT2D eigenvalue weighted by molar-refractivity contribution is -0.126. The highest BCUT2D eigenvalue weighted by atomic mass is 16.5. The molecule has 1 fully saturated rings. The fraction of sp³-hybridized carbons (Fsp3) is 0.474. The normalized spacial score (nSPS) is 14.9. The molecule has 2 amide bonds. The Morgan fingerprint density at radius 2 is 1.89 bits per heavy atom. The first-order valence-electron chi connectivity index (χ1n) is 9.07. The van der Waals surface area contributed by atoms with E-state index in [4.69, 9.17) is 4.52 Å². The minimum absolute atomic E-state index is 0.0144. The van der Waals surface area contributed by atoms with Crippen LogP contribution in [0.4, 0.5) is 5.69 Å². The molecule has 8 nitrogen and oxygen atoms in total. The zero-order chi connectivity index (χ0) is 19.4. The van der Waals surface area contributed by atoms with Crippen molar-refractivity contribution in [2.75, 3.05) is 32.1 Å². The van der Waals surface area contributed by atoms with Gasteiger partial charge in [-0.2, -0.15) is 4.98 Å². The second-order valence-electron chi connectivity index (χ2n) is 6.96. The molecule has 2 aromatic rings. The molecule has 144 valence electrons. The van der Waals surface area contributed by atoms with Gasteiger partial charge in [-0.1, -0.05) is 5.16 Å². The van der Waals surface area contributed by atoms with Crippen LogP contribution in [0.5, 0.6) is 0 Å². The number of carbonyl (C=O) groups is 2. The van der Waals surface area contributed by atoms with Crippen LogP contribution in [0.3, 0.4) is 0 Å². The Hall–Kier alpha value is -2.90. The number of anilines is 1. The standard InChI is InChI=1S/C19H25N5O3/c1-13-21-17(27-22-13)12-20-18(25)14-8-10-24(11-9-14)19(26)15-4-6-16(7-5-15)23(2)3/h4-7,14H,8-12H2,1-3H3,(H,20,25). The molecular weight excluding hydrogens is 346 g/mol. The number of benzene rings is 1. The molecule has 1 saturated heterocycles. The number of carbonyl (C=O) groups excluding carboxylic acids is 2. The van der Waals surface area contributed by atoms with Crippen LogP contribution < -0.4 is 10.2 Å². The van der Waals surface area contributed by atoms with E-state index in [-0.39, 0.29) is 24.3 Å². The van der Waals surface area contributed by atoms with E-state index in [0.29, 0.717) is 43.2 Å². The molecule has 0 bridgehead atoms. The number of nitrogens with zero attached hydrogens (tertiary/aromatic N) is 4. The number of aromatic nitrogens is 2. The van der Waals surface area contributed by atoms with Crippen LogP contribution in [-0.2, 0) is 11.3 Å². The van der Waals surface area contributed by atoms with Crippen LogP contribution in [0.25, 0.3) is 0 Å². The maximum absolute atomic E-state index is 12.7. The molecule has 27 heavy (non-hydrogen) atoms. The van der Waals surface area contributed by atoms with Gasteiger partial charge in [-0.25, -0.2) is 0 Å². The lowest BCUT2D eigenvalue weighted by atomic mass is 9.95. The van der Waals surface area contributed by atoms with E-state index in [2.05, 4.69) is 15.5 Å². The van der Waals surface area contributed by atoms with E-state index in [1.54, 1.807) is 6.92 Å². The third-order valence-electron chi connectivity index (χ3n) is 4.77. The third kappa shape index (κ3) is 4.64. The number of hydrogen-bond donors (Lipinski definition) is 1. The zero-order valence-electron chi connectivity index (χ0n) is 15.9. The Morgan fingerprint density at radius 1 is 1.22 bits per heavy atom. The predicted octanol–water partition coefficient (Wildman–Crippen LogP) is 1.61. The number of aryl methyl sites for hydroxylation is 1. The molecule has 3 rings (SSSR count). The summed E-state index contributed by atoms with van der Waals surface area (Å²) < 4.78 is 4.99. The number of hydrogen-bond acceptors (Lipinski definition) is 6. The van der Waals surface area contributed by atoms with Gasteiger partial charge in [-0.05, 0) is 44.0 Å². The average molecular weight is 371 g/mol. The van der Waals surface area contributed by atoms with Gasteiger partial charge in [-0.3, -0.25) is 9.59 Å². The Kier molecular flexibility index (Phi) is 5.73. The van der Waals surface area contributed by atoms with Crippen molar-refractivity contribution in [2.45, 2.75) is 26.3 Å². The van der Waals surface area contributed by atoms with Crippen LogP contribution in [-0.4, -0.2) is 54.0 Å². The van der Waals surface area contributed by atoms with E-state index in [0.717, 1.165) is 5.69 Å². The number of nitrogens with one attached hydrogen (secondary N) is 1. The van der Waals surface area contributed by atoms with Crippen LogP contribution in [0.15, 0.2) is 28.8 Å². The van der Waals surface area contributed by atoms with Crippen LogP contribution in [0, 0.1) is 12.8 Å². The lowest BCUT2D eigenvalue weighted by Crippen LogP contribution is -2.43. The van der Waals surface area contributed by atoms with Gasteiger partial charge in [0, 0.05) is 44.4 Å². The van der Waals surface area contributed by atoms with E-state index in [1.807, 2.05) is 48.2 Å². The summed E-state index contributed by atoms with van der Waals surface area (Å²) in [5.74, 6) is 0.822. The van der Waals surface area contributed by atoms with E-state index in [1.165, 1.54) is 0 Å². The van der Waals surface area contributed by atoms with Crippen molar-refractivity contribution in [2.24, 2.45) is 5.92 Å². The molecule has 8 heteroatoms. The summed E-state index contributed by atoms with van der Waals surface area (Å²) in [7, 11) is 3.93. The summed E-state index contributed by atoms with van der Waals surface area (Å²) in [6, 6.07) is 7.57. The predicted molar refractivity (Wildman–Crippen MR) is 100 cm³/mol. The summed E-state index contributed by atoms with van der Waals surface area (Å²) >= 11 is 0. The van der Waals surface area contributed by atoms with Crippen molar-refractivity contribution in [1.82, 2.24) is 20.4 Å². The van der Waals surface area contributed by atoms with Gasteiger partial charge in [-0.15, -0.1) is 0 Å². The van der Waals surface area contributed by atoms with E-state index in [9.17, 15) is 9.59 Å². The molecule has 0 aliphatic carbocycles. The Labute approximate surface area is 158 Å². The van der Waals surface area contributed by atoms with Gasteiger partial charge >= 0.3 is 0 Å². The Balaban J connectivity index is 1.48. The summed E-state index contributed by atoms with van der Waals surface area (Å²) in [6.07, 6.45) is 1.30. The zero-order valence-corrected chi connectivity index (χ0v) is 15.9. The third-order valence-corrected chi connectivity index (χ3v) is 4.77. The fourth-order valence-corrected chi connectivity index (χ4v) is 3.15. The first kappa shape index (κ1) is 18.9. The SMILES string of the molecule is Cc1noc(CNC(=O)C2CCN(C(=O)c3ccc(N(C)C)cc3)CC2)n1. The second-order valence-corrected chi connectivity index (χ2v) is 6.96. The maximum Gasteiger partial charge on any atom is 0.253 e. The van der Waals surface area contributed by atoms with Gasteiger partial charge < -0.3 is 19.6 Å². The summed E-state index contributed by atoms with van der Waals surface area (Å²) in [5.41, 5.74) is 1.73. The molecule has 0 spiro atoms. The van der Waals surface area contributed by atoms with Crippen molar-refractivity contribution < 1.29 is 14.1 Å². The lowest BCUT2D eigenvalue weighted by Gasteiger charge is -2.31. The first-order valence-corrected chi connectivity index (χ1v) is 9.07. The molecule has 1 aromatic heterocycles. The molecule has 1 N–H and O–H groups in total. The highest BCUT2D eigenvalue weighted by Gasteiger charge is 2.28. The topological polar surface area (TPSA) is 91.6 Å². The summed E-state index contributed by atoms with van der Waals surface area (Å²) in [6.45, 7) is 3.12. The molecule has 0 radical (unpaired) electrons.